The molecule has 9 heteroatoms. The van der Waals surface area contributed by atoms with E-state index in [-0.39, 0.29) is 17.5 Å². The molecule has 0 radical (unpaired) electrons. The smallest absolute Gasteiger partial charge is 0.251 e. The van der Waals surface area contributed by atoms with Gasteiger partial charge in [0, 0.05) is 26.2 Å². The molecule has 2 rings (SSSR count). The van der Waals surface area contributed by atoms with Gasteiger partial charge in [0.25, 0.3) is 5.16 Å². The first-order chi connectivity index (χ1) is 11.1. The molecule has 1 fully saturated rings. The lowest BCUT2D eigenvalue weighted by molar-refractivity contribution is 0.121. The summed E-state index contributed by atoms with van der Waals surface area (Å²) in [4.78, 5) is 2.01. The number of aromatic nitrogens is 3. The van der Waals surface area contributed by atoms with E-state index in [9.17, 15) is 8.42 Å². The van der Waals surface area contributed by atoms with Crippen LogP contribution in [0.4, 0.5) is 5.95 Å². The van der Waals surface area contributed by atoms with Crippen molar-refractivity contribution in [3.05, 3.63) is 0 Å². The summed E-state index contributed by atoms with van der Waals surface area (Å²) in [7, 11) is -3.50. The Morgan fingerprint density at radius 3 is 2.57 bits per heavy atom. The van der Waals surface area contributed by atoms with Gasteiger partial charge in [0.15, 0.2) is 0 Å². The predicted molar refractivity (Wildman–Crippen MR) is 86.5 cm³/mol. The molecule has 2 heterocycles. The summed E-state index contributed by atoms with van der Waals surface area (Å²) in [5, 5.41) is 8.06. The van der Waals surface area contributed by atoms with Gasteiger partial charge in [-0.3, -0.25) is 4.57 Å². The number of unbranched alkanes of at least 4 members (excludes halogenated alkanes) is 1. The van der Waals surface area contributed by atoms with Crippen LogP contribution in [0.2, 0.25) is 0 Å². The third kappa shape index (κ3) is 4.65. The maximum Gasteiger partial charge on any atom is 0.251 e. The van der Waals surface area contributed by atoms with Crippen molar-refractivity contribution < 1.29 is 17.9 Å². The lowest BCUT2D eigenvalue weighted by Gasteiger charge is -2.27. The highest BCUT2D eigenvalue weighted by Crippen LogP contribution is 2.19. The molecule has 0 unspecified atom stereocenters. The summed E-state index contributed by atoms with van der Waals surface area (Å²) in [6.07, 6.45) is 1.96. The Kier molecular flexibility index (Phi) is 6.79. The molecule has 23 heavy (non-hydrogen) atoms. The molecule has 0 N–H and O–H groups in total. The molecule has 0 aliphatic carbocycles. The van der Waals surface area contributed by atoms with Gasteiger partial charge in [0.2, 0.25) is 15.8 Å². The van der Waals surface area contributed by atoms with Crippen LogP contribution in [-0.4, -0.2) is 68.5 Å². The van der Waals surface area contributed by atoms with E-state index in [0.717, 1.165) is 12.8 Å². The molecule has 0 saturated carbocycles. The average molecular weight is 346 g/mol. The minimum absolute atomic E-state index is 0.0283. The van der Waals surface area contributed by atoms with Crippen molar-refractivity contribution >= 4 is 15.8 Å². The molecule has 0 aromatic carbocycles. The van der Waals surface area contributed by atoms with Crippen LogP contribution in [0, 0.1) is 0 Å². The number of hydrogen-bond acceptors (Lipinski definition) is 7. The fourth-order valence-corrected chi connectivity index (χ4v) is 3.63. The molecular weight excluding hydrogens is 320 g/mol. The minimum atomic E-state index is -3.50. The van der Waals surface area contributed by atoms with Crippen molar-refractivity contribution in [3.8, 4) is 0 Å². The molecule has 8 nitrogen and oxygen atoms in total. The Morgan fingerprint density at radius 1 is 1.17 bits per heavy atom. The van der Waals surface area contributed by atoms with E-state index in [1.165, 1.54) is 0 Å². The largest absolute Gasteiger partial charge is 0.380 e. The highest BCUT2D eigenvalue weighted by atomic mass is 32.2. The second kappa shape index (κ2) is 8.60. The maximum absolute atomic E-state index is 12.5. The van der Waals surface area contributed by atoms with Crippen LogP contribution in [0.25, 0.3) is 0 Å². The van der Waals surface area contributed by atoms with Crippen molar-refractivity contribution in [1.29, 1.82) is 0 Å². The fourth-order valence-electron chi connectivity index (χ4n) is 2.39. The van der Waals surface area contributed by atoms with Crippen LogP contribution in [0.5, 0.6) is 0 Å². The van der Waals surface area contributed by atoms with E-state index >= 15 is 0 Å². The molecule has 1 aliphatic heterocycles. The number of hydrogen-bond donors (Lipinski definition) is 0. The van der Waals surface area contributed by atoms with Gasteiger partial charge in [0.05, 0.1) is 25.6 Å². The van der Waals surface area contributed by atoms with Crippen molar-refractivity contribution in [3.63, 3.8) is 0 Å². The van der Waals surface area contributed by atoms with Crippen molar-refractivity contribution in [1.82, 2.24) is 14.8 Å². The van der Waals surface area contributed by atoms with Crippen LogP contribution in [0.15, 0.2) is 5.16 Å². The number of ether oxygens (including phenoxy) is 2. The Morgan fingerprint density at radius 2 is 1.91 bits per heavy atom. The van der Waals surface area contributed by atoms with Crippen LogP contribution in [-0.2, 0) is 25.9 Å². The van der Waals surface area contributed by atoms with E-state index in [1.807, 2.05) is 11.8 Å². The maximum atomic E-state index is 12.5. The van der Waals surface area contributed by atoms with Crippen LogP contribution in [0.1, 0.15) is 26.7 Å². The van der Waals surface area contributed by atoms with Crippen LogP contribution < -0.4 is 4.90 Å². The Hall–Kier alpha value is -1.19. The minimum Gasteiger partial charge on any atom is -0.380 e. The van der Waals surface area contributed by atoms with E-state index < -0.39 is 9.84 Å². The molecule has 0 amide bonds. The normalized spacial score (nSPS) is 16.0. The van der Waals surface area contributed by atoms with E-state index in [4.69, 9.17) is 9.47 Å². The Labute approximate surface area is 137 Å². The summed E-state index contributed by atoms with van der Waals surface area (Å²) >= 11 is 0. The number of anilines is 1. The highest BCUT2D eigenvalue weighted by molar-refractivity contribution is 7.91. The first kappa shape index (κ1) is 18.2. The summed E-state index contributed by atoms with van der Waals surface area (Å²) in [5.74, 6) is 0.527. The molecule has 0 bridgehead atoms. The second-order valence-corrected chi connectivity index (χ2v) is 7.41. The van der Waals surface area contributed by atoms with Crippen LogP contribution >= 0.6 is 0 Å². The lowest BCUT2D eigenvalue weighted by atomic mass is 10.4. The average Bonchev–Trinajstić information content (AvgIpc) is 3.00. The zero-order valence-corrected chi connectivity index (χ0v) is 14.7. The van der Waals surface area contributed by atoms with Gasteiger partial charge in [-0.15, -0.1) is 10.2 Å². The summed E-state index contributed by atoms with van der Waals surface area (Å²) in [5.41, 5.74) is 0. The molecule has 1 saturated heterocycles. The molecular formula is C14H26N4O4S. The number of rotatable bonds is 9. The first-order valence-electron chi connectivity index (χ1n) is 8.16. The molecule has 0 spiro atoms. The van der Waals surface area contributed by atoms with E-state index in [2.05, 4.69) is 17.1 Å². The van der Waals surface area contributed by atoms with Gasteiger partial charge in [-0.2, -0.15) is 0 Å². The Bertz CT molecular complexity index is 582. The third-order valence-corrected chi connectivity index (χ3v) is 5.29. The molecule has 0 atom stereocenters. The Balaban J connectivity index is 2.07. The van der Waals surface area contributed by atoms with E-state index in [0.29, 0.717) is 45.4 Å². The van der Waals surface area contributed by atoms with Gasteiger partial charge >= 0.3 is 0 Å². The SMILES string of the molecule is CCCCOCCS(=O)(=O)c1nnc(N2CCOCC2)n1CC. The van der Waals surface area contributed by atoms with Gasteiger partial charge in [0.1, 0.15) is 0 Å². The van der Waals surface area contributed by atoms with E-state index in [1.54, 1.807) is 4.57 Å². The predicted octanol–water partition coefficient (Wildman–Crippen LogP) is 0.725. The third-order valence-electron chi connectivity index (χ3n) is 3.72. The monoisotopic (exact) mass is 346 g/mol. The second-order valence-electron chi connectivity index (χ2n) is 5.41. The first-order valence-corrected chi connectivity index (χ1v) is 9.81. The standard InChI is InChI=1S/C14H26N4O4S/c1-3-5-8-21-11-12-23(19,20)14-16-15-13(18(14)4-2)17-6-9-22-10-7-17/h3-12H2,1-2H3. The van der Waals surface area contributed by atoms with Crippen molar-refractivity contribution in [2.45, 2.75) is 38.4 Å². The summed E-state index contributed by atoms with van der Waals surface area (Å²) in [6.45, 7) is 7.85. The molecule has 1 aromatic rings. The van der Waals surface area contributed by atoms with Crippen LogP contribution in [0.3, 0.4) is 0 Å². The number of nitrogens with zero attached hydrogens (tertiary/aromatic N) is 4. The van der Waals surface area contributed by atoms with Crippen molar-refractivity contribution in [2.24, 2.45) is 0 Å². The molecule has 1 aromatic heterocycles. The number of sulfone groups is 1. The zero-order chi connectivity index (χ0) is 16.7. The quantitative estimate of drug-likeness (QED) is 0.609. The zero-order valence-electron chi connectivity index (χ0n) is 13.9. The topological polar surface area (TPSA) is 86.6 Å². The highest BCUT2D eigenvalue weighted by Gasteiger charge is 2.27. The fraction of sp³-hybridized carbons (Fsp3) is 0.857. The molecule has 132 valence electrons. The van der Waals surface area contributed by atoms with Gasteiger partial charge in [-0.25, -0.2) is 8.42 Å². The number of morpholine rings is 1. The van der Waals surface area contributed by atoms with Gasteiger partial charge < -0.3 is 14.4 Å². The van der Waals surface area contributed by atoms with Gasteiger partial charge in [-0.05, 0) is 13.3 Å². The summed E-state index contributed by atoms with van der Waals surface area (Å²) in [6, 6.07) is 0. The lowest BCUT2D eigenvalue weighted by Crippen LogP contribution is -2.38. The summed E-state index contributed by atoms with van der Waals surface area (Å²) < 4.78 is 37.3. The molecule has 1 aliphatic rings. The van der Waals surface area contributed by atoms with Crippen molar-refractivity contribution in [2.75, 3.05) is 50.2 Å². The van der Waals surface area contributed by atoms with Gasteiger partial charge in [-0.1, -0.05) is 13.3 Å².